The van der Waals surface area contributed by atoms with E-state index >= 15 is 0 Å². The van der Waals surface area contributed by atoms with E-state index in [1.54, 1.807) is 12.1 Å². The SMILES string of the molecule is Cc1cc(F)c(NC(C)c2ccc(Cl)cc2)cc1F. The molecule has 2 rings (SSSR count). The lowest BCUT2D eigenvalue weighted by Gasteiger charge is -2.17. The zero-order valence-corrected chi connectivity index (χ0v) is 11.4. The molecule has 4 heteroatoms. The first-order valence-electron chi connectivity index (χ1n) is 5.95. The molecule has 0 fully saturated rings. The Morgan fingerprint density at radius 3 is 2.32 bits per heavy atom. The predicted octanol–water partition coefficient (Wildman–Crippen LogP) is 5.10. The van der Waals surface area contributed by atoms with Crippen LogP contribution in [0.25, 0.3) is 0 Å². The molecular formula is C15H14ClF2N. The topological polar surface area (TPSA) is 12.0 Å². The van der Waals surface area contributed by atoms with Crippen LogP contribution in [0.5, 0.6) is 0 Å². The molecule has 0 saturated heterocycles. The summed E-state index contributed by atoms with van der Waals surface area (Å²) in [6.07, 6.45) is 0. The highest BCUT2D eigenvalue weighted by Crippen LogP contribution is 2.24. The number of benzene rings is 2. The summed E-state index contributed by atoms with van der Waals surface area (Å²) in [4.78, 5) is 0. The molecule has 2 aromatic rings. The van der Waals surface area contributed by atoms with Crippen molar-refractivity contribution in [1.82, 2.24) is 0 Å². The lowest BCUT2D eigenvalue weighted by Crippen LogP contribution is -2.08. The normalized spacial score (nSPS) is 12.3. The summed E-state index contributed by atoms with van der Waals surface area (Å²) in [6, 6.07) is 9.45. The average molecular weight is 282 g/mol. The molecule has 0 heterocycles. The number of aryl methyl sites for hydroxylation is 1. The van der Waals surface area contributed by atoms with Crippen LogP contribution >= 0.6 is 11.6 Å². The standard InChI is InChI=1S/C15H14ClF2N/c1-9-7-14(18)15(8-13(9)17)19-10(2)11-3-5-12(16)6-4-11/h3-8,10,19H,1-2H3. The number of rotatable bonds is 3. The fraction of sp³-hybridized carbons (Fsp3) is 0.200. The summed E-state index contributed by atoms with van der Waals surface area (Å²) < 4.78 is 27.2. The number of nitrogens with one attached hydrogen (secondary N) is 1. The Morgan fingerprint density at radius 2 is 1.68 bits per heavy atom. The predicted molar refractivity (Wildman–Crippen MR) is 74.6 cm³/mol. The van der Waals surface area contributed by atoms with Crippen molar-refractivity contribution in [2.24, 2.45) is 0 Å². The zero-order chi connectivity index (χ0) is 14.0. The molecule has 0 aliphatic heterocycles. The maximum Gasteiger partial charge on any atom is 0.146 e. The molecule has 1 atom stereocenters. The fourth-order valence-corrected chi connectivity index (χ4v) is 1.95. The van der Waals surface area contributed by atoms with Gasteiger partial charge in [-0.25, -0.2) is 8.78 Å². The summed E-state index contributed by atoms with van der Waals surface area (Å²) in [6.45, 7) is 3.41. The van der Waals surface area contributed by atoms with E-state index in [1.807, 2.05) is 19.1 Å². The van der Waals surface area contributed by atoms with Crippen LogP contribution in [0.15, 0.2) is 36.4 Å². The van der Waals surface area contributed by atoms with Crippen LogP contribution in [0.2, 0.25) is 5.02 Å². The molecule has 2 aromatic carbocycles. The molecule has 1 N–H and O–H groups in total. The highest BCUT2D eigenvalue weighted by Gasteiger charge is 2.11. The first-order chi connectivity index (χ1) is 8.97. The van der Waals surface area contributed by atoms with E-state index < -0.39 is 11.6 Å². The van der Waals surface area contributed by atoms with Crippen LogP contribution in [0.3, 0.4) is 0 Å². The molecule has 1 nitrogen and oxygen atoms in total. The number of hydrogen-bond donors (Lipinski definition) is 1. The van der Waals surface area contributed by atoms with Gasteiger partial charge in [-0.05, 0) is 43.2 Å². The summed E-state index contributed by atoms with van der Waals surface area (Å²) in [5.41, 5.74) is 1.40. The van der Waals surface area contributed by atoms with Gasteiger partial charge in [-0.15, -0.1) is 0 Å². The minimum atomic E-state index is -0.459. The van der Waals surface area contributed by atoms with Crippen molar-refractivity contribution in [3.63, 3.8) is 0 Å². The Morgan fingerprint density at radius 1 is 1.05 bits per heavy atom. The van der Waals surface area contributed by atoms with E-state index in [0.717, 1.165) is 5.56 Å². The van der Waals surface area contributed by atoms with Gasteiger partial charge < -0.3 is 5.32 Å². The second kappa shape index (κ2) is 5.57. The van der Waals surface area contributed by atoms with Crippen molar-refractivity contribution in [2.75, 3.05) is 5.32 Å². The van der Waals surface area contributed by atoms with Crippen molar-refractivity contribution in [2.45, 2.75) is 19.9 Å². The lowest BCUT2D eigenvalue weighted by atomic mass is 10.1. The largest absolute Gasteiger partial charge is 0.376 e. The quantitative estimate of drug-likeness (QED) is 0.825. The maximum atomic E-state index is 13.7. The van der Waals surface area contributed by atoms with Crippen LogP contribution in [0.4, 0.5) is 14.5 Å². The summed E-state index contributed by atoms with van der Waals surface area (Å²) in [5, 5.41) is 3.60. The molecule has 0 spiro atoms. The Balaban J connectivity index is 2.21. The molecular weight excluding hydrogens is 268 g/mol. The monoisotopic (exact) mass is 281 g/mol. The molecule has 0 radical (unpaired) electrons. The van der Waals surface area contributed by atoms with Gasteiger partial charge in [0.15, 0.2) is 0 Å². The molecule has 1 unspecified atom stereocenters. The highest BCUT2D eigenvalue weighted by atomic mass is 35.5. The van der Waals surface area contributed by atoms with Crippen LogP contribution in [0.1, 0.15) is 24.1 Å². The van der Waals surface area contributed by atoms with E-state index in [9.17, 15) is 8.78 Å². The van der Waals surface area contributed by atoms with Crippen molar-refractivity contribution < 1.29 is 8.78 Å². The van der Waals surface area contributed by atoms with Gasteiger partial charge in [0, 0.05) is 17.1 Å². The Bertz CT molecular complexity index is 581. The third-order valence-electron chi connectivity index (χ3n) is 2.99. The van der Waals surface area contributed by atoms with Gasteiger partial charge in [0.1, 0.15) is 11.6 Å². The Hall–Kier alpha value is -1.61. The molecule has 0 aliphatic rings. The van der Waals surface area contributed by atoms with Gasteiger partial charge in [-0.1, -0.05) is 23.7 Å². The van der Waals surface area contributed by atoms with Crippen molar-refractivity contribution in [3.8, 4) is 0 Å². The zero-order valence-electron chi connectivity index (χ0n) is 10.7. The highest BCUT2D eigenvalue weighted by molar-refractivity contribution is 6.30. The van der Waals surface area contributed by atoms with Gasteiger partial charge in [0.25, 0.3) is 0 Å². The molecule has 19 heavy (non-hydrogen) atoms. The molecule has 100 valence electrons. The first kappa shape index (κ1) is 13.8. The van der Waals surface area contributed by atoms with Crippen LogP contribution < -0.4 is 5.32 Å². The summed E-state index contributed by atoms with van der Waals surface area (Å²) in [5.74, 6) is -0.882. The van der Waals surface area contributed by atoms with Crippen molar-refractivity contribution >= 4 is 17.3 Å². The van der Waals surface area contributed by atoms with Crippen LogP contribution in [-0.2, 0) is 0 Å². The minimum absolute atomic E-state index is 0.145. The summed E-state index contributed by atoms with van der Waals surface area (Å²) >= 11 is 5.81. The summed E-state index contributed by atoms with van der Waals surface area (Å²) in [7, 11) is 0. The molecule has 0 aliphatic carbocycles. The van der Waals surface area contributed by atoms with Crippen molar-refractivity contribution in [3.05, 3.63) is 64.2 Å². The molecule has 0 amide bonds. The smallest absolute Gasteiger partial charge is 0.146 e. The van der Waals surface area contributed by atoms with Gasteiger partial charge in [0.2, 0.25) is 0 Å². The first-order valence-corrected chi connectivity index (χ1v) is 6.33. The molecule has 0 saturated carbocycles. The Labute approximate surface area is 116 Å². The minimum Gasteiger partial charge on any atom is -0.376 e. The number of anilines is 1. The third kappa shape index (κ3) is 3.24. The maximum absolute atomic E-state index is 13.7. The van der Waals surface area contributed by atoms with E-state index in [4.69, 9.17) is 11.6 Å². The Kier molecular flexibility index (Phi) is 4.05. The lowest BCUT2D eigenvalue weighted by molar-refractivity contribution is 0.593. The van der Waals surface area contributed by atoms with Gasteiger partial charge in [-0.2, -0.15) is 0 Å². The van der Waals surface area contributed by atoms with Crippen LogP contribution in [-0.4, -0.2) is 0 Å². The average Bonchev–Trinajstić information content (AvgIpc) is 2.36. The number of hydrogen-bond acceptors (Lipinski definition) is 1. The van der Waals surface area contributed by atoms with E-state index in [1.165, 1.54) is 19.1 Å². The molecule has 0 aromatic heterocycles. The van der Waals surface area contributed by atoms with Gasteiger partial charge >= 0.3 is 0 Å². The molecule has 0 bridgehead atoms. The van der Waals surface area contributed by atoms with E-state index in [0.29, 0.717) is 10.6 Å². The van der Waals surface area contributed by atoms with Crippen LogP contribution in [0, 0.1) is 18.6 Å². The van der Waals surface area contributed by atoms with Gasteiger partial charge in [-0.3, -0.25) is 0 Å². The second-order valence-electron chi connectivity index (χ2n) is 4.50. The van der Waals surface area contributed by atoms with E-state index in [-0.39, 0.29) is 11.7 Å². The van der Waals surface area contributed by atoms with E-state index in [2.05, 4.69) is 5.32 Å². The second-order valence-corrected chi connectivity index (χ2v) is 4.94. The number of halogens is 3. The fourth-order valence-electron chi connectivity index (χ4n) is 1.82. The van der Waals surface area contributed by atoms with Crippen molar-refractivity contribution in [1.29, 1.82) is 0 Å². The van der Waals surface area contributed by atoms with Gasteiger partial charge in [0.05, 0.1) is 5.69 Å². The third-order valence-corrected chi connectivity index (χ3v) is 3.24.